The Balaban J connectivity index is 1.23. The maximum atomic E-state index is 13.9. The van der Waals surface area contributed by atoms with Crippen molar-refractivity contribution in [2.24, 2.45) is 68.0 Å². The van der Waals surface area contributed by atoms with E-state index in [2.05, 4.69) is 53.4 Å². The van der Waals surface area contributed by atoms with Gasteiger partial charge in [-0.05, 0) is 127 Å². The van der Waals surface area contributed by atoms with E-state index in [-0.39, 0.29) is 52.0 Å². The minimum Gasteiger partial charge on any atom is -0.481 e. The second kappa shape index (κ2) is 12.8. The van der Waals surface area contributed by atoms with Gasteiger partial charge in [0.1, 0.15) is 6.10 Å². The lowest BCUT2D eigenvalue weighted by atomic mass is 9.32. The van der Waals surface area contributed by atoms with Crippen LogP contribution in [0.3, 0.4) is 0 Å². The third-order valence-corrected chi connectivity index (χ3v) is 16.8. The monoisotopic (exact) mass is 684 g/mol. The summed E-state index contributed by atoms with van der Waals surface area (Å²) >= 11 is 0. The van der Waals surface area contributed by atoms with Gasteiger partial charge in [0.2, 0.25) is 5.91 Å². The average Bonchev–Trinajstić information content (AvgIpc) is 3.38. The maximum Gasteiger partial charge on any atom is 0.306 e. The van der Waals surface area contributed by atoms with E-state index in [1.54, 1.807) is 0 Å². The van der Waals surface area contributed by atoms with Crippen LogP contribution in [0, 0.1) is 68.0 Å². The molecule has 6 fully saturated rings. The Kier molecular flexibility index (Phi) is 9.70. The Hall–Kier alpha value is -1.63. The van der Waals surface area contributed by atoms with Crippen LogP contribution in [-0.4, -0.2) is 60.3 Å². The summed E-state index contributed by atoms with van der Waals surface area (Å²) in [4.78, 5) is 40.6. The zero-order valence-corrected chi connectivity index (χ0v) is 32.5. The Bertz CT molecular complexity index is 1290. The van der Waals surface area contributed by atoms with Gasteiger partial charge in [0.25, 0.3) is 0 Å². The summed E-state index contributed by atoms with van der Waals surface area (Å²) in [5.74, 6) is 2.96. The SMILES string of the molecule is CC(C)[C@@H]1CC[C@]2(CC(=O)N3CCOCC3)CC[C@]3(C)[C@H](CC[C@@H]4[C@@]5(C)CC[C@H](OC(=O)CC(C)(C)CC(=O)O)C(C)(C)[C@@H]5CC[C@]43C)[C@@H]12. The number of hydrogen-bond donors (Lipinski definition) is 1. The number of esters is 1. The third-order valence-electron chi connectivity index (χ3n) is 16.8. The first-order valence-electron chi connectivity index (χ1n) is 20.1. The Morgan fingerprint density at radius 3 is 2.18 bits per heavy atom. The highest BCUT2D eigenvalue weighted by molar-refractivity contribution is 5.77. The molecule has 278 valence electrons. The second-order valence-electron chi connectivity index (χ2n) is 20.4. The molecule has 1 aliphatic heterocycles. The first-order valence-corrected chi connectivity index (χ1v) is 20.1. The second-order valence-corrected chi connectivity index (χ2v) is 20.4. The fourth-order valence-electron chi connectivity index (χ4n) is 14.3. The molecule has 49 heavy (non-hydrogen) atoms. The summed E-state index contributed by atoms with van der Waals surface area (Å²) in [6.45, 7) is 24.0. The van der Waals surface area contributed by atoms with E-state index in [1.165, 1.54) is 44.9 Å². The first kappa shape index (κ1) is 37.1. The Labute approximate surface area is 297 Å². The van der Waals surface area contributed by atoms with E-state index < -0.39 is 11.4 Å². The number of carbonyl (C=O) groups is 3. The predicted octanol–water partition coefficient (Wildman–Crippen LogP) is 8.78. The highest BCUT2D eigenvalue weighted by atomic mass is 16.5. The molecule has 1 saturated heterocycles. The number of carboxylic acids is 1. The molecular weight excluding hydrogens is 614 g/mol. The van der Waals surface area contributed by atoms with E-state index in [4.69, 9.17) is 9.47 Å². The van der Waals surface area contributed by atoms with Crippen LogP contribution in [0.5, 0.6) is 0 Å². The van der Waals surface area contributed by atoms with Crippen molar-refractivity contribution in [2.75, 3.05) is 26.3 Å². The van der Waals surface area contributed by atoms with Crippen molar-refractivity contribution >= 4 is 17.8 Å². The van der Waals surface area contributed by atoms with Gasteiger partial charge in [-0.1, -0.05) is 62.3 Å². The lowest BCUT2D eigenvalue weighted by Gasteiger charge is -2.73. The summed E-state index contributed by atoms with van der Waals surface area (Å²) in [7, 11) is 0. The Morgan fingerprint density at radius 2 is 1.53 bits per heavy atom. The van der Waals surface area contributed by atoms with Crippen LogP contribution >= 0.6 is 0 Å². The lowest BCUT2D eigenvalue weighted by Crippen LogP contribution is -2.67. The summed E-state index contributed by atoms with van der Waals surface area (Å²) in [6, 6.07) is 0. The molecule has 7 nitrogen and oxygen atoms in total. The molecular formula is C42H69NO6. The van der Waals surface area contributed by atoms with Gasteiger partial charge in [-0.3, -0.25) is 14.4 Å². The molecule has 6 rings (SSSR count). The molecule has 5 saturated carbocycles. The molecule has 0 radical (unpaired) electrons. The number of carboxylic acid groups (broad SMARTS) is 1. The summed E-state index contributed by atoms with van der Waals surface area (Å²) in [5, 5.41) is 9.34. The van der Waals surface area contributed by atoms with Crippen LogP contribution in [0.1, 0.15) is 146 Å². The van der Waals surface area contributed by atoms with Gasteiger partial charge in [0.05, 0.1) is 26.1 Å². The van der Waals surface area contributed by atoms with Crippen LogP contribution in [0.15, 0.2) is 0 Å². The van der Waals surface area contributed by atoms with E-state index in [9.17, 15) is 19.5 Å². The van der Waals surface area contributed by atoms with Crippen molar-refractivity contribution in [3.63, 3.8) is 0 Å². The summed E-state index contributed by atoms with van der Waals surface area (Å²) < 4.78 is 11.9. The van der Waals surface area contributed by atoms with Crippen LogP contribution < -0.4 is 0 Å². The molecule has 1 N–H and O–H groups in total. The van der Waals surface area contributed by atoms with E-state index in [1.807, 2.05) is 13.8 Å². The molecule has 0 spiro atoms. The highest BCUT2D eigenvalue weighted by Gasteiger charge is 2.71. The number of rotatable bonds is 8. The fourth-order valence-corrected chi connectivity index (χ4v) is 14.3. The van der Waals surface area contributed by atoms with E-state index >= 15 is 0 Å². The quantitative estimate of drug-likeness (QED) is 0.257. The molecule has 6 aliphatic rings. The molecule has 0 aromatic heterocycles. The number of amides is 1. The summed E-state index contributed by atoms with van der Waals surface area (Å²) in [6.07, 6.45) is 12.5. The van der Waals surface area contributed by atoms with Gasteiger partial charge in [0.15, 0.2) is 0 Å². The fraction of sp³-hybridized carbons (Fsp3) is 0.929. The molecule has 5 aliphatic carbocycles. The number of nitrogens with zero attached hydrogens (tertiary/aromatic N) is 1. The number of morpholine rings is 1. The van der Waals surface area contributed by atoms with Crippen molar-refractivity contribution in [1.82, 2.24) is 4.90 Å². The van der Waals surface area contributed by atoms with Crippen LogP contribution in [0.25, 0.3) is 0 Å². The number of aliphatic carboxylic acids is 1. The predicted molar refractivity (Wildman–Crippen MR) is 192 cm³/mol. The van der Waals surface area contributed by atoms with Crippen LogP contribution in [0.4, 0.5) is 0 Å². The van der Waals surface area contributed by atoms with Crippen molar-refractivity contribution in [1.29, 1.82) is 0 Å². The van der Waals surface area contributed by atoms with Gasteiger partial charge in [-0.25, -0.2) is 0 Å². The van der Waals surface area contributed by atoms with Crippen molar-refractivity contribution in [3.05, 3.63) is 0 Å². The molecule has 1 amide bonds. The van der Waals surface area contributed by atoms with Gasteiger partial charge >= 0.3 is 11.9 Å². The molecule has 0 bridgehead atoms. The van der Waals surface area contributed by atoms with Crippen LogP contribution in [-0.2, 0) is 23.9 Å². The molecule has 0 aromatic carbocycles. The molecule has 0 unspecified atom stereocenters. The lowest BCUT2D eigenvalue weighted by molar-refractivity contribution is -0.252. The smallest absolute Gasteiger partial charge is 0.306 e. The van der Waals surface area contributed by atoms with E-state index in [0.29, 0.717) is 54.6 Å². The molecule has 10 atom stereocenters. The number of ether oxygens (including phenoxy) is 2. The average molecular weight is 684 g/mol. The van der Waals surface area contributed by atoms with Crippen molar-refractivity contribution in [2.45, 2.75) is 152 Å². The van der Waals surface area contributed by atoms with Gasteiger partial charge in [-0.2, -0.15) is 0 Å². The summed E-state index contributed by atoms with van der Waals surface area (Å²) in [5.41, 5.74) is 0.0469. The minimum atomic E-state index is -0.877. The van der Waals surface area contributed by atoms with Crippen LogP contribution in [0.2, 0.25) is 0 Å². The van der Waals surface area contributed by atoms with Crippen molar-refractivity contribution in [3.8, 4) is 0 Å². The van der Waals surface area contributed by atoms with Gasteiger partial charge in [0, 0.05) is 24.9 Å². The zero-order chi connectivity index (χ0) is 35.8. The largest absolute Gasteiger partial charge is 0.481 e. The number of fused-ring (bicyclic) bond motifs is 7. The standard InChI is InChI=1S/C42H69NO6/c1-27(2)28-12-17-42(24-33(44)43-20-22-48-23-21-43)19-18-40(8)29(36(28)42)10-11-31-39(7)15-14-32(38(5,6)30(39)13-16-41(31,40)9)49-35(47)26-37(3,4)25-34(45)46/h27-32,36H,10-26H2,1-9H3,(H,45,46)/t28-,29+,30-,31+,32-,36+,39-,40+,41+,42+/m0/s1. The third kappa shape index (κ3) is 6.10. The zero-order valence-electron chi connectivity index (χ0n) is 32.5. The van der Waals surface area contributed by atoms with E-state index in [0.717, 1.165) is 38.8 Å². The molecule has 0 aromatic rings. The maximum absolute atomic E-state index is 13.9. The van der Waals surface area contributed by atoms with Crippen molar-refractivity contribution < 1.29 is 29.0 Å². The molecule has 7 heteroatoms. The van der Waals surface area contributed by atoms with Gasteiger partial charge < -0.3 is 19.5 Å². The normalized spacial score (nSPS) is 43.2. The van der Waals surface area contributed by atoms with Gasteiger partial charge in [-0.15, -0.1) is 0 Å². The number of hydrogen-bond acceptors (Lipinski definition) is 5. The number of carbonyl (C=O) groups excluding carboxylic acids is 2. The molecule has 1 heterocycles. The Morgan fingerprint density at radius 1 is 0.837 bits per heavy atom. The minimum absolute atomic E-state index is 0.0407. The first-order chi connectivity index (χ1) is 22.8. The highest BCUT2D eigenvalue weighted by Crippen LogP contribution is 2.78. The topological polar surface area (TPSA) is 93.1 Å².